The molecule has 2 fully saturated rings. The fourth-order valence-corrected chi connectivity index (χ4v) is 4.28. The second-order valence-electron chi connectivity index (χ2n) is 6.93. The van der Waals surface area contributed by atoms with Gasteiger partial charge in [-0.25, -0.2) is 0 Å². The lowest BCUT2D eigenvalue weighted by atomic mass is 9.68. The fourth-order valence-electron chi connectivity index (χ4n) is 4.28. The van der Waals surface area contributed by atoms with E-state index in [0.717, 1.165) is 12.3 Å². The number of nitrogens with one attached hydrogen (secondary N) is 1. The van der Waals surface area contributed by atoms with Crippen LogP contribution in [0.3, 0.4) is 0 Å². The third kappa shape index (κ3) is 1.80. The van der Waals surface area contributed by atoms with Crippen LogP contribution >= 0.6 is 0 Å². The monoisotopic (exact) mass is 225 g/mol. The van der Waals surface area contributed by atoms with Crippen LogP contribution in [0.4, 0.5) is 0 Å². The molecule has 0 aromatic rings. The van der Waals surface area contributed by atoms with Gasteiger partial charge in [-0.15, -0.1) is 0 Å². The topological polar surface area (TPSA) is 32.3 Å². The van der Waals surface area contributed by atoms with Gasteiger partial charge in [0.25, 0.3) is 0 Å². The number of aliphatic hydroxyl groups excluding tert-OH is 1. The van der Waals surface area contributed by atoms with Crippen molar-refractivity contribution in [3.63, 3.8) is 0 Å². The van der Waals surface area contributed by atoms with Gasteiger partial charge in [0.2, 0.25) is 0 Å². The number of fused-ring (bicyclic) bond motifs is 2. The summed E-state index contributed by atoms with van der Waals surface area (Å²) >= 11 is 0. The highest BCUT2D eigenvalue weighted by molar-refractivity contribution is 5.12. The molecule has 2 nitrogen and oxygen atoms in total. The molecule has 2 saturated carbocycles. The Balaban J connectivity index is 2.08. The first-order valence-corrected chi connectivity index (χ1v) is 6.77. The van der Waals surface area contributed by atoms with E-state index in [1.54, 1.807) is 0 Å². The second kappa shape index (κ2) is 3.99. The maximum Gasteiger partial charge on any atom is 0.0445 e. The van der Waals surface area contributed by atoms with E-state index in [2.05, 4.69) is 33.0 Å². The van der Waals surface area contributed by atoms with Crippen LogP contribution in [0.25, 0.3) is 0 Å². The van der Waals surface area contributed by atoms with Gasteiger partial charge in [0, 0.05) is 18.7 Å². The zero-order valence-corrected chi connectivity index (χ0v) is 11.2. The second-order valence-corrected chi connectivity index (χ2v) is 6.93. The van der Waals surface area contributed by atoms with Crippen molar-refractivity contribution in [3.05, 3.63) is 0 Å². The fraction of sp³-hybridized carbons (Fsp3) is 1.00. The van der Waals surface area contributed by atoms with Gasteiger partial charge in [-0.05, 0) is 49.4 Å². The van der Waals surface area contributed by atoms with Gasteiger partial charge < -0.3 is 10.4 Å². The highest BCUT2D eigenvalue weighted by Crippen LogP contribution is 2.62. The van der Waals surface area contributed by atoms with Crippen LogP contribution in [-0.4, -0.2) is 23.8 Å². The van der Waals surface area contributed by atoms with Crippen LogP contribution in [0.2, 0.25) is 0 Å². The summed E-state index contributed by atoms with van der Waals surface area (Å²) < 4.78 is 0. The maximum atomic E-state index is 9.00. The Labute approximate surface area is 99.8 Å². The van der Waals surface area contributed by atoms with Gasteiger partial charge in [-0.1, -0.05) is 20.8 Å². The smallest absolute Gasteiger partial charge is 0.0445 e. The predicted octanol–water partition coefficient (Wildman–Crippen LogP) is 2.56. The third-order valence-corrected chi connectivity index (χ3v) is 5.28. The number of aliphatic hydroxyl groups is 1. The van der Waals surface area contributed by atoms with Crippen LogP contribution in [0.5, 0.6) is 0 Å². The van der Waals surface area contributed by atoms with Gasteiger partial charge in [0.15, 0.2) is 0 Å². The zero-order chi connectivity index (χ0) is 12.0. The minimum absolute atomic E-state index is 0.293. The van der Waals surface area contributed by atoms with Crippen molar-refractivity contribution >= 4 is 0 Å². The zero-order valence-electron chi connectivity index (χ0n) is 11.2. The van der Waals surface area contributed by atoms with Crippen LogP contribution < -0.4 is 5.32 Å². The third-order valence-electron chi connectivity index (χ3n) is 5.28. The Bertz CT molecular complexity index is 259. The molecule has 2 bridgehead atoms. The van der Waals surface area contributed by atoms with Gasteiger partial charge in [0.1, 0.15) is 0 Å². The molecule has 0 aromatic carbocycles. The predicted molar refractivity (Wildman–Crippen MR) is 67.3 cm³/mol. The molecule has 4 unspecified atom stereocenters. The van der Waals surface area contributed by atoms with Crippen LogP contribution in [-0.2, 0) is 0 Å². The summed E-state index contributed by atoms with van der Waals surface area (Å²) in [5.41, 5.74) is 0.925. The van der Waals surface area contributed by atoms with E-state index in [4.69, 9.17) is 5.11 Å². The number of hydrogen-bond donors (Lipinski definition) is 2. The highest BCUT2D eigenvalue weighted by atomic mass is 16.3. The van der Waals surface area contributed by atoms with E-state index in [1.807, 2.05) is 0 Å². The van der Waals surface area contributed by atoms with Crippen molar-refractivity contribution < 1.29 is 5.11 Å². The molecular weight excluding hydrogens is 198 g/mol. The number of hydrogen-bond acceptors (Lipinski definition) is 2. The van der Waals surface area contributed by atoms with Gasteiger partial charge in [0.05, 0.1) is 0 Å². The molecule has 2 rings (SSSR count). The van der Waals surface area contributed by atoms with Crippen molar-refractivity contribution in [1.82, 2.24) is 5.32 Å². The van der Waals surface area contributed by atoms with Gasteiger partial charge in [-0.2, -0.15) is 0 Å². The first-order chi connectivity index (χ1) is 7.40. The Kier molecular flexibility index (Phi) is 3.09. The Morgan fingerprint density at radius 1 is 1.38 bits per heavy atom. The average molecular weight is 225 g/mol. The van der Waals surface area contributed by atoms with Crippen LogP contribution in [0.1, 0.15) is 53.4 Å². The van der Waals surface area contributed by atoms with Crippen molar-refractivity contribution in [1.29, 1.82) is 0 Å². The molecule has 2 aliphatic rings. The van der Waals surface area contributed by atoms with Crippen molar-refractivity contribution in [2.75, 3.05) is 6.61 Å². The van der Waals surface area contributed by atoms with E-state index in [9.17, 15) is 0 Å². The normalized spacial score (nSPS) is 42.6. The Hall–Kier alpha value is -0.0800. The Morgan fingerprint density at radius 3 is 2.56 bits per heavy atom. The molecule has 0 radical (unpaired) electrons. The molecule has 2 N–H and O–H groups in total. The molecule has 0 heterocycles. The van der Waals surface area contributed by atoms with E-state index in [1.165, 1.54) is 19.3 Å². The molecule has 0 spiro atoms. The van der Waals surface area contributed by atoms with Crippen molar-refractivity contribution in [2.24, 2.45) is 16.7 Å². The number of rotatable bonds is 4. The minimum atomic E-state index is 0.293. The van der Waals surface area contributed by atoms with E-state index in [-0.39, 0.29) is 0 Å². The van der Waals surface area contributed by atoms with Crippen LogP contribution in [0.15, 0.2) is 0 Å². The van der Waals surface area contributed by atoms with E-state index >= 15 is 0 Å². The first-order valence-electron chi connectivity index (χ1n) is 6.77. The quantitative estimate of drug-likeness (QED) is 0.770. The molecule has 2 aliphatic carbocycles. The van der Waals surface area contributed by atoms with Crippen LogP contribution in [0, 0.1) is 16.7 Å². The summed E-state index contributed by atoms with van der Waals surface area (Å²) in [6.07, 6.45) is 5.05. The summed E-state index contributed by atoms with van der Waals surface area (Å²) in [7, 11) is 0. The van der Waals surface area contributed by atoms with E-state index < -0.39 is 0 Å². The lowest BCUT2D eigenvalue weighted by Gasteiger charge is -2.44. The summed E-state index contributed by atoms with van der Waals surface area (Å²) in [6.45, 7) is 9.78. The van der Waals surface area contributed by atoms with Gasteiger partial charge in [-0.3, -0.25) is 0 Å². The molecule has 0 aliphatic heterocycles. The lowest BCUT2D eigenvalue weighted by molar-refractivity contribution is 0.0961. The molecule has 0 saturated heterocycles. The molecule has 16 heavy (non-hydrogen) atoms. The van der Waals surface area contributed by atoms with Crippen molar-refractivity contribution in [2.45, 2.75) is 65.5 Å². The Morgan fingerprint density at radius 2 is 2.06 bits per heavy atom. The first kappa shape index (κ1) is 12.4. The maximum absolute atomic E-state index is 9.00. The molecule has 94 valence electrons. The molecule has 0 amide bonds. The minimum Gasteiger partial charge on any atom is -0.396 e. The molecule has 0 aromatic heterocycles. The lowest BCUT2D eigenvalue weighted by Crippen LogP contribution is -2.53. The SMILES string of the molecule is CC(CCO)NC1C2(C)CCC(C2)C1(C)C. The summed E-state index contributed by atoms with van der Waals surface area (Å²) in [4.78, 5) is 0. The largest absolute Gasteiger partial charge is 0.396 e. The highest BCUT2D eigenvalue weighted by Gasteiger charge is 2.59. The molecule has 2 heteroatoms. The molecular formula is C14H27NO. The van der Waals surface area contributed by atoms with Gasteiger partial charge >= 0.3 is 0 Å². The van der Waals surface area contributed by atoms with E-state index in [0.29, 0.717) is 29.5 Å². The standard InChI is InChI=1S/C14H27NO/c1-10(6-8-16)15-12-13(2,3)11-5-7-14(12,4)9-11/h10-12,15-16H,5-9H2,1-4H3. The summed E-state index contributed by atoms with van der Waals surface area (Å²) in [5, 5.41) is 12.8. The average Bonchev–Trinajstić information content (AvgIpc) is 2.64. The molecule has 4 atom stereocenters. The van der Waals surface area contributed by atoms with Crippen molar-refractivity contribution in [3.8, 4) is 0 Å². The summed E-state index contributed by atoms with van der Waals surface area (Å²) in [5.74, 6) is 0.899. The summed E-state index contributed by atoms with van der Waals surface area (Å²) in [6, 6.07) is 1.06.